The van der Waals surface area contributed by atoms with E-state index in [1.54, 1.807) is 6.20 Å². The van der Waals surface area contributed by atoms with E-state index in [1.807, 2.05) is 24.6 Å². The standard InChI is InChI=1S/C13H18N4/c1-4-14-9-12-6-5-7-15-13(12)17-11(3)8-10(2)16-17/h5-8,14H,4,9H2,1-3H3. The van der Waals surface area contributed by atoms with Crippen molar-refractivity contribution >= 4 is 0 Å². The van der Waals surface area contributed by atoms with E-state index in [9.17, 15) is 0 Å². The molecule has 0 aliphatic heterocycles. The zero-order chi connectivity index (χ0) is 12.3. The van der Waals surface area contributed by atoms with E-state index in [-0.39, 0.29) is 0 Å². The molecule has 0 amide bonds. The lowest BCUT2D eigenvalue weighted by molar-refractivity contribution is 0.705. The molecule has 2 aromatic rings. The summed E-state index contributed by atoms with van der Waals surface area (Å²) in [4.78, 5) is 4.44. The Balaban J connectivity index is 2.40. The van der Waals surface area contributed by atoms with Gasteiger partial charge in [-0.15, -0.1) is 0 Å². The Morgan fingerprint density at radius 1 is 1.35 bits per heavy atom. The van der Waals surface area contributed by atoms with Gasteiger partial charge < -0.3 is 5.32 Å². The number of rotatable bonds is 4. The first-order chi connectivity index (χ1) is 8.22. The number of aromatic nitrogens is 3. The Morgan fingerprint density at radius 3 is 2.82 bits per heavy atom. The fourth-order valence-corrected chi connectivity index (χ4v) is 1.86. The molecule has 4 nitrogen and oxygen atoms in total. The molecule has 0 aromatic carbocycles. The minimum Gasteiger partial charge on any atom is -0.313 e. The molecule has 2 aromatic heterocycles. The average molecular weight is 230 g/mol. The molecule has 0 radical (unpaired) electrons. The Hall–Kier alpha value is -1.68. The number of aryl methyl sites for hydroxylation is 2. The van der Waals surface area contributed by atoms with Crippen LogP contribution in [0.4, 0.5) is 0 Å². The highest BCUT2D eigenvalue weighted by Gasteiger charge is 2.09. The van der Waals surface area contributed by atoms with Gasteiger partial charge in [-0.05, 0) is 32.5 Å². The van der Waals surface area contributed by atoms with Gasteiger partial charge >= 0.3 is 0 Å². The van der Waals surface area contributed by atoms with Crippen LogP contribution in [0.1, 0.15) is 23.9 Å². The van der Waals surface area contributed by atoms with Crippen molar-refractivity contribution in [1.82, 2.24) is 20.1 Å². The van der Waals surface area contributed by atoms with Crippen LogP contribution in [0.3, 0.4) is 0 Å². The van der Waals surface area contributed by atoms with Gasteiger partial charge in [0.1, 0.15) is 0 Å². The van der Waals surface area contributed by atoms with Crippen LogP contribution in [0.2, 0.25) is 0 Å². The van der Waals surface area contributed by atoms with Crippen LogP contribution in [0.5, 0.6) is 0 Å². The van der Waals surface area contributed by atoms with Crippen molar-refractivity contribution < 1.29 is 0 Å². The molecule has 0 saturated carbocycles. The van der Waals surface area contributed by atoms with Gasteiger partial charge in [0, 0.05) is 24.0 Å². The summed E-state index contributed by atoms with van der Waals surface area (Å²) >= 11 is 0. The first-order valence-electron chi connectivity index (χ1n) is 5.90. The van der Waals surface area contributed by atoms with Crippen molar-refractivity contribution in [2.75, 3.05) is 6.54 Å². The molecule has 0 bridgehead atoms. The summed E-state index contributed by atoms with van der Waals surface area (Å²) in [6, 6.07) is 6.11. The third kappa shape index (κ3) is 2.53. The molecule has 2 rings (SSSR count). The van der Waals surface area contributed by atoms with E-state index in [4.69, 9.17) is 0 Å². The lowest BCUT2D eigenvalue weighted by Crippen LogP contribution is -2.15. The highest BCUT2D eigenvalue weighted by Crippen LogP contribution is 2.14. The van der Waals surface area contributed by atoms with Gasteiger partial charge in [-0.3, -0.25) is 0 Å². The van der Waals surface area contributed by atoms with Crippen LogP contribution in [0.25, 0.3) is 5.82 Å². The van der Waals surface area contributed by atoms with Gasteiger partial charge in [0.25, 0.3) is 0 Å². The van der Waals surface area contributed by atoms with Crippen LogP contribution < -0.4 is 5.32 Å². The summed E-state index contributed by atoms with van der Waals surface area (Å²) in [6.07, 6.45) is 1.81. The number of nitrogens with one attached hydrogen (secondary N) is 1. The second kappa shape index (κ2) is 5.10. The number of nitrogens with zero attached hydrogens (tertiary/aromatic N) is 3. The maximum atomic E-state index is 4.48. The smallest absolute Gasteiger partial charge is 0.158 e. The first kappa shape index (κ1) is 11.8. The molecule has 17 heavy (non-hydrogen) atoms. The van der Waals surface area contributed by atoms with Gasteiger partial charge in [-0.2, -0.15) is 5.10 Å². The van der Waals surface area contributed by atoms with Gasteiger partial charge in [-0.25, -0.2) is 9.67 Å². The lowest BCUT2D eigenvalue weighted by Gasteiger charge is -2.09. The molecule has 1 N–H and O–H groups in total. The van der Waals surface area contributed by atoms with Crippen LogP contribution in [-0.2, 0) is 6.54 Å². The van der Waals surface area contributed by atoms with Crippen molar-refractivity contribution in [1.29, 1.82) is 0 Å². The minimum atomic E-state index is 0.817. The Labute approximate surface area is 102 Å². The zero-order valence-corrected chi connectivity index (χ0v) is 10.6. The Bertz CT molecular complexity index is 502. The van der Waals surface area contributed by atoms with Crippen LogP contribution >= 0.6 is 0 Å². The maximum Gasteiger partial charge on any atom is 0.158 e. The second-order valence-electron chi connectivity index (χ2n) is 4.11. The number of pyridine rings is 1. The summed E-state index contributed by atoms with van der Waals surface area (Å²) in [7, 11) is 0. The molecule has 0 aliphatic carbocycles. The maximum absolute atomic E-state index is 4.48. The molecule has 0 saturated heterocycles. The van der Waals surface area contributed by atoms with E-state index >= 15 is 0 Å². The molecule has 0 fully saturated rings. The topological polar surface area (TPSA) is 42.7 Å². The Kier molecular flexibility index (Phi) is 3.54. The van der Waals surface area contributed by atoms with Gasteiger partial charge in [-0.1, -0.05) is 13.0 Å². The molecule has 0 atom stereocenters. The van der Waals surface area contributed by atoms with E-state index in [2.05, 4.69) is 34.5 Å². The Morgan fingerprint density at radius 2 is 2.18 bits per heavy atom. The molecule has 0 spiro atoms. The van der Waals surface area contributed by atoms with Gasteiger partial charge in [0.2, 0.25) is 0 Å². The van der Waals surface area contributed by atoms with Crippen molar-refractivity contribution in [2.45, 2.75) is 27.3 Å². The molecular weight excluding hydrogens is 212 g/mol. The number of hydrogen-bond acceptors (Lipinski definition) is 3. The van der Waals surface area contributed by atoms with Crippen molar-refractivity contribution in [3.8, 4) is 5.82 Å². The van der Waals surface area contributed by atoms with Crippen LogP contribution in [0, 0.1) is 13.8 Å². The largest absolute Gasteiger partial charge is 0.313 e. The van der Waals surface area contributed by atoms with Crippen molar-refractivity contribution in [3.05, 3.63) is 41.3 Å². The molecular formula is C13H18N4. The first-order valence-corrected chi connectivity index (χ1v) is 5.90. The SMILES string of the molecule is CCNCc1cccnc1-n1nc(C)cc1C. The van der Waals surface area contributed by atoms with Crippen molar-refractivity contribution in [3.63, 3.8) is 0 Å². The van der Waals surface area contributed by atoms with E-state index in [0.717, 1.165) is 30.3 Å². The van der Waals surface area contributed by atoms with Crippen LogP contribution in [-0.4, -0.2) is 21.3 Å². The quantitative estimate of drug-likeness (QED) is 0.873. The summed E-state index contributed by atoms with van der Waals surface area (Å²) < 4.78 is 1.90. The second-order valence-corrected chi connectivity index (χ2v) is 4.11. The summed E-state index contributed by atoms with van der Waals surface area (Å²) in [5, 5.41) is 7.80. The number of hydrogen-bond donors (Lipinski definition) is 1. The predicted octanol–water partition coefficient (Wildman–Crippen LogP) is 1.99. The highest BCUT2D eigenvalue weighted by molar-refractivity contribution is 5.34. The van der Waals surface area contributed by atoms with E-state index in [0.29, 0.717) is 0 Å². The van der Waals surface area contributed by atoms with Crippen LogP contribution in [0.15, 0.2) is 24.4 Å². The summed E-state index contributed by atoms with van der Waals surface area (Å²) in [5.74, 6) is 0.916. The molecule has 0 unspecified atom stereocenters. The molecule has 2 heterocycles. The highest BCUT2D eigenvalue weighted by atomic mass is 15.3. The van der Waals surface area contributed by atoms with Gasteiger partial charge in [0.05, 0.1) is 5.69 Å². The van der Waals surface area contributed by atoms with E-state index < -0.39 is 0 Å². The average Bonchev–Trinajstić information content (AvgIpc) is 2.66. The normalized spacial score (nSPS) is 10.8. The lowest BCUT2D eigenvalue weighted by atomic mass is 10.2. The summed E-state index contributed by atoms with van der Waals surface area (Å²) in [5.41, 5.74) is 3.29. The third-order valence-corrected chi connectivity index (χ3v) is 2.64. The van der Waals surface area contributed by atoms with E-state index in [1.165, 1.54) is 5.56 Å². The minimum absolute atomic E-state index is 0.817. The monoisotopic (exact) mass is 230 g/mol. The fraction of sp³-hybridized carbons (Fsp3) is 0.385. The van der Waals surface area contributed by atoms with Crippen molar-refractivity contribution in [2.24, 2.45) is 0 Å². The zero-order valence-electron chi connectivity index (χ0n) is 10.6. The molecule has 0 aliphatic rings. The fourth-order valence-electron chi connectivity index (χ4n) is 1.86. The molecule has 90 valence electrons. The third-order valence-electron chi connectivity index (χ3n) is 2.64. The summed E-state index contributed by atoms with van der Waals surface area (Å²) in [6.45, 7) is 7.91. The molecule has 4 heteroatoms. The van der Waals surface area contributed by atoms with Gasteiger partial charge in [0.15, 0.2) is 5.82 Å². The predicted molar refractivity (Wildman–Crippen MR) is 68.2 cm³/mol.